The maximum absolute atomic E-state index is 12.0. The van der Waals surface area contributed by atoms with E-state index in [4.69, 9.17) is 4.74 Å². The van der Waals surface area contributed by atoms with E-state index in [1.807, 2.05) is 37.4 Å². The first-order valence-electron chi connectivity index (χ1n) is 6.91. The van der Waals surface area contributed by atoms with Crippen LogP contribution in [0, 0.1) is 6.92 Å². The third-order valence-electron chi connectivity index (χ3n) is 3.64. The van der Waals surface area contributed by atoms with E-state index in [1.165, 1.54) is 12.7 Å². The predicted octanol–water partition coefficient (Wildman–Crippen LogP) is 3.78. The quantitative estimate of drug-likeness (QED) is 0.683. The molecule has 3 heteroatoms. The van der Waals surface area contributed by atoms with E-state index in [0.29, 0.717) is 5.56 Å². The summed E-state index contributed by atoms with van der Waals surface area (Å²) < 4.78 is 6.99. The summed E-state index contributed by atoms with van der Waals surface area (Å²) in [6, 6.07) is 16.4. The lowest BCUT2D eigenvalue weighted by Gasteiger charge is -2.05. The van der Waals surface area contributed by atoms with E-state index in [2.05, 4.69) is 28.8 Å². The molecule has 0 radical (unpaired) electrons. The standard InChI is InChI=1S/C18H17NO2/c1-13-8-9-17-15(10-13)16(18(20)21-2)12-19(17)11-14-6-4-3-5-7-14/h3-10,12H,11H2,1-2H3. The van der Waals surface area contributed by atoms with Gasteiger partial charge in [0.25, 0.3) is 0 Å². The van der Waals surface area contributed by atoms with Gasteiger partial charge in [0.15, 0.2) is 0 Å². The van der Waals surface area contributed by atoms with Gasteiger partial charge in [-0.2, -0.15) is 0 Å². The Morgan fingerprint density at radius 1 is 1.14 bits per heavy atom. The Labute approximate surface area is 123 Å². The average molecular weight is 279 g/mol. The van der Waals surface area contributed by atoms with Crippen molar-refractivity contribution in [3.05, 3.63) is 71.4 Å². The summed E-state index contributed by atoms with van der Waals surface area (Å²) in [4.78, 5) is 12.0. The van der Waals surface area contributed by atoms with Gasteiger partial charge in [0.1, 0.15) is 0 Å². The number of hydrogen-bond acceptors (Lipinski definition) is 2. The number of fused-ring (bicyclic) bond motifs is 1. The molecule has 0 aliphatic rings. The number of rotatable bonds is 3. The van der Waals surface area contributed by atoms with Crippen LogP contribution in [0.5, 0.6) is 0 Å². The number of esters is 1. The monoisotopic (exact) mass is 279 g/mol. The lowest BCUT2D eigenvalue weighted by atomic mass is 10.1. The minimum atomic E-state index is -0.294. The minimum absolute atomic E-state index is 0.294. The van der Waals surface area contributed by atoms with Crippen molar-refractivity contribution in [2.75, 3.05) is 7.11 Å². The van der Waals surface area contributed by atoms with E-state index in [9.17, 15) is 4.79 Å². The van der Waals surface area contributed by atoms with Crippen LogP contribution >= 0.6 is 0 Å². The highest BCUT2D eigenvalue weighted by Crippen LogP contribution is 2.24. The predicted molar refractivity (Wildman–Crippen MR) is 83.6 cm³/mol. The van der Waals surface area contributed by atoms with E-state index in [-0.39, 0.29) is 5.97 Å². The SMILES string of the molecule is COC(=O)c1cn(Cc2ccccc2)c2ccc(C)cc12. The molecule has 0 unspecified atom stereocenters. The maximum atomic E-state index is 12.0. The highest BCUT2D eigenvalue weighted by molar-refractivity contribution is 6.04. The first-order valence-corrected chi connectivity index (χ1v) is 6.91. The van der Waals surface area contributed by atoms with Crippen molar-refractivity contribution in [2.24, 2.45) is 0 Å². The van der Waals surface area contributed by atoms with Crippen LogP contribution in [0.2, 0.25) is 0 Å². The van der Waals surface area contributed by atoms with Gasteiger partial charge < -0.3 is 9.30 Å². The number of ether oxygens (including phenoxy) is 1. The number of carbonyl (C=O) groups excluding carboxylic acids is 1. The maximum Gasteiger partial charge on any atom is 0.340 e. The minimum Gasteiger partial charge on any atom is -0.465 e. The summed E-state index contributed by atoms with van der Waals surface area (Å²) in [5.41, 5.74) is 3.99. The second kappa shape index (κ2) is 5.44. The van der Waals surface area contributed by atoms with Crippen LogP contribution in [-0.2, 0) is 11.3 Å². The summed E-state index contributed by atoms with van der Waals surface area (Å²) in [6.07, 6.45) is 1.88. The van der Waals surface area contributed by atoms with E-state index >= 15 is 0 Å². The fourth-order valence-electron chi connectivity index (χ4n) is 2.59. The van der Waals surface area contributed by atoms with Gasteiger partial charge >= 0.3 is 5.97 Å². The largest absolute Gasteiger partial charge is 0.465 e. The first kappa shape index (κ1) is 13.4. The fraction of sp³-hybridized carbons (Fsp3) is 0.167. The number of hydrogen-bond donors (Lipinski definition) is 0. The molecule has 3 aromatic rings. The van der Waals surface area contributed by atoms with Crippen LogP contribution in [0.3, 0.4) is 0 Å². The third-order valence-corrected chi connectivity index (χ3v) is 3.64. The molecule has 0 aliphatic heterocycles. The zero-order valence-electron chi connectivity index (χ0n) is 12.2. The molecule has 0 spiro atoms. The van der Waals surface area contributed by atoms with Gasteiger partial charge in [-0.1, -0.05) is 42.0 Å². The van der Waals surface area contributed by atoms with Gasteiger partial charge in [0.2, 0.25) is 0 Å². The van der Waals surface area contributed by atoms with Crippen molar-refractivity contribution in [1.29, 1.82) is 0 Å². The second-order valence-electron chi connectivity index (χ2n) is 5.17. The van der Waals surface area contributed by atoms with Gasteiger partial charge in [0.05, 0.1) is 12.7 Å². The smallest absolute Gasteiger partial charge is 0.340 e. The summed E-state index contributed by atoms with van der Waals surface area (Å²) in [6.45, 7) is 2.76. The van der Waals surface area contributed by atoms with Crippen molar-refractivity contribution < 1.29 is 9.53 Å². The second-order valence-corrected chi connectivity index (χ2v) is 5.17. The summed E-state index contributed by atoms with van der Waals surface area (Å²) in [7, 11) is 1.42. The Morgan fingerprint density at radius 2 is 1.90 bits per heavy atom. The number of methoxy groups -OCH3 is 1. The van der Waals surface area contributed by atoms with Crippen molar-refractivity contribution in [2.45, 2.75) is 13.5 Å². The summed E-state index contributed by atoms with van der Waals surface area (Å²) in [5, 5.41) is 0.942. The van der Waals surface area contributed by atoms with Crippen molar-refractivity contribution in [3.63, 3.8) is 0 Å². The zero-order chi connectivity index (χ0) is 14.8. The Bertz CT molecular complexity index is 788. The van der Waals surface area contributed by atoms with Crippen molar-refractivity contribution in [3.8, 4) is 0 Å². The topological polar surface area (TPSA) is 31.2 Å². The Hall–Kier alpha value is -2.55. The van der Waals surface area contributed by atoms with Crippen molar-refractivity contribution >= 4 is 16.9 Å². The highest BCUT2D eigenvalue weighted by Gasteiger charge is 2.15. The van der Waals surface area contributed by atoms with Crippen LogP contribution in [0.4, 0.5) is 0 Å². The molecule has 0 aliphatic carbocycles. The van der Waals surface area contributed by atoms with Gasteiger partial charge in [-0.3, -0.25) is 0 Å². The van der Waals surface area contributed by atoms with E-state index < -0.39 is 0 Å². The Kier molecular flexibility index (Phi) is 3.48. The van der Waals surface area contributed by atoms with Gasteiger partial charge in [-0.15, -0.1) is 0 Å². The molecule has 3 rings (SSSR count). The highest BCUT2D eigenvalue weighted by atomic mass is 16.5. The molecule has 1 aromatic heterocycles. The summed E-state index contributed by atoms with van der Waals surface area (Å²) in [5.74, 6) is -0.294. The van der Waals surface area contributed by atoms with Crippen LogP contribution in [0.1, 0.15) is 21.5 Å². The number of nitrogens with zero attached hydrogens (tertiary/aromatic N) is 1. The molecule has 106 valence electrons. The number of carbonyl (C=O) groups is 1. The van der Waals surface area contributed by atoms with Gasteiger partial charge in [-0.05, 0) is 24.6 Å². The molecule has 2 aromatic carbocycles. The molecule has 0 atom stereocenters. The van der Waals surface area contributed by atoms with Gasteiger partial charge in [-0.25, -0.2) is 4.79 Å². The number of aryl methyl sites for hydroxylation is 1. The van der Waals surface area contributed by atoms with Gasteiger partial charge in [0, 0.05) is 23.6 Å². The Morgan fingerprint density at radius 3 is 2.62 bits per heavy atom. The number of aromatic nitrogens is 1. The number of benzene rings is 2. The fourth-order valence-corrected chi connectivity index (χ4v) is 2.59. The lowest BCUT2D eigenvalue weighted by Crippen LogP contribution is -2.01. The third kappa shape index (κ3) is 2.55. The van der Waals surface area contributed by atoms with Crippen LogP contribution in [0.25, 0.3) is 10.9 Å². The molecular weight excluding hydrogens is 262 g/mol. The first-order chi connectivity index (χ1) is 10.2. The Balaban J connectivity index is 2.12. The molecule has 0 amide bonds. The molecule has 0 saturated heterocycles. The molecular formula is C18H17NO2. The zero-order valence-corrected chi connectivity index (χ0v) is 12.2. The normalized spacial score (nSPS) is 10.8. The molecule has 0 N–H and O–H groups in total. The van der Waals surface area contributed by atoms with E-state index in [0.717, 1.165) is 23.0 Å². The molecule has 21 heavy (non-hydrogen) atoms. The van der Waals surface area contributed by atoms with Crippen molar-refractivity contribution in [1.82, 2.24) is 4.57 Å². The average Bonchev–Trinajstić information content (AvgIpc) is 2.85. The summed E-state index contributed by atoms with van der Waals surface area (Å²) >= 11 is 0. The van der Waals surface area contributed by atoms with Crippen LogP contribution in [-0.4, -0.2) is 17.6 Å². The molecule has 0 saturated carbocycles. The molecule has 1 heterocycles. The van der Waals surface area contributed by atoms with E-state index in [1.54, 1.807) is 0 Å². The van der Waals surface area contributed by atoms with Crippen LogP contribution in [0.15, 0.2) is 54.7 Å². The molecule has 0 fully saturated rings. The molecule has 0 bridgehead atoms. The molecule has 3 nitrogen and oxygen atoms in total. The lowest BCUT2D eigenvalue weighted by molar-refractivity contribution is 0.0603. The van der Waals surface area contributed by atoms with Crippen LogP contribution < -0.4 is 0 Å².